The lowest BCUT2D eigenvalue weighted by Crippen LogP contribution is -2.59. The van der Waals surface area contributed by atoms with Gasteiger partial charge < -0.3 is 34.5 Å². The van der Waals surface area contributed by atoms with Gasteiger partial charge in [0.25, 0.3) is 5.91 Å². The number of carbonyl (C=O) groups is 4. The third-order valence-corrected chi connectivity index (χ3v) is 15.9. The van der Waals surface area contributed by atoms with Gasteiger partial charge in [-0.1, -0.05) is 26.0 Å². The van der Waals surface area contributed by atoms with Crippen LogP contribution in [0.15, 0.2) is 54.7 Å². The van der Waals surface area contributed by atoms with E-state index < -0.39 is 68.7 Å². The van der Waals surface area contributed by atoms with Crippen LogP contribution in [0.2, 0.25) is 0 Å². The van der Waals surface area contributed by atoms with E-state index in [1.54, 1.807) is 25.4 Å². The van der Waals surface area contributed by atoms with Crippen molar-refractivity contribution in [2.45, 2.75) is 133 Å². The highest BCUT2D eigenvalue weighted by Gasteiger charge is 2.62. The molecule has 1 saturated heterocycles. The van der Waals surface area contributed by atoms with Gasteiger partial charge in [0.2, 0.25) is 33.6 Å². The third kappa shape index (κ3) is 9.75. The van der Waals surface area contributed by atoms with Crippen LogP contribution in [0.4, 0.5) is 4.79 Å². The van der Waals surface area contributed by atoms with E-state index in [9.17, 15) is 22.8 Å². The first-order chi connectivity index (χ1) is 31.1. The summed E-state index contributed by atoms with van der Waals surface area (Å²) < 4.78 is 52.3. The molecule has 2 aromatic heterocycles. The highest BCUT2D eigenvalue weighted by molar-refractivity contribution is 7.91. The number of ether oxygens (including phenoxy) is 4. The lowest BCUT2D eigenvalue weighted by molar-refractivity contribution is -0.142. The molecule has 4 heterocycles. The van der Waals surface area contributed by atoms with Crippen molar-refractivity contribution in [2.75, 3.05) is 13.7 Å². The molecule has 4 aliphatic carbocycles. The number of fused-ring (bicyclic) bond motifs is 4. The van der Waals surface area contributed by atoms with E-state index in [1.165, 1.54) is 4.90 Å². The first kappa shape index (κ1) is 44.7. The van der Waals surface area contributed by atoms with Crippen LogP contribution < -0.4 is 29.6 Å². The van der Waals surface area contributed by atoms with E-state index in [0.717, 1.165) is 31.1 Å². The minimum absolute atomic E-state index is 0.00923. The van der Waals surface area contributed by atoms with Crippen LogP contribution in [0.25, 0.3) is 22.0 Å². The molecule has 0 unspecified atom stereocenters. The zero-order chi connectivity index (χ0) is 45.8. The van der Waals surface area contributed by atoms with Gasteiger partial charge in [-0.15, -0.1) is 0 Å². The molecule has 348 valence electrons. The van der Waals surface area contributed by atoms with Crippen molar-refractivity contribution < 1.29 is 46.5 Å². The summed E-state index contributed by atoms with van der Waals surface area (Å²) in [5.74, 6) is -0.0477. The van der Waals surface area contributed by atoms with Crippen LogP contribution in [0.1, 0.15) is 91.9 Å². The molecule has 10 atom stereocenters. The maximum absolute atomic E-state index is 15.2. The summed E-state index contributed by atoms with van der Waals surface area (Å²) in [6.45, 7) is 7.82. The van der Waals surface area contributed by atoms with Crippen LogP contribution in [-0.4, -0.2) is 102 Å². The van der Waals surface area contributed by atoms with Crippen molar-refractivity contribution in [2.24, 2.45) is 29.6 Å². The van der Waals surface area contributed by atoms with Crippen LogP contribution in [-0.2, 0) is 29.1 Å². The maximum atomic E-state index is 15.2. The van der Waals surface area contributed by atoms with Crippen LogP contribution in [0.3, 0.4) is 0 Å². The van der Waals surface area contributed by atoms with Crippen molar-refractivity contribution in [3.05, 3.63) is 54.7 Å². The second kappa shape index (κ2) is 17.7. The number of rotatable bonds is 11. The summed E-state index contributed by atoms with van der Waals surface area (Å²) in [6, 6.07) is 8.83. The van der Waals surface area contributed by atoms with Crippen molar-refractivity contribution in [1.82, 2.24) is 30.2 Å². The van der Waals surface area contributed by atoms with E-state index in [0.29, 0.717) is 65.8 Å². The molecule has 9 rings (SSSR count). The Bertz CT molecular complexity index is 2470. The van der Waals surface area contributed by atoms with Gasteiger partial charge in [0.1, 0.15) is 35.6 Å². The minimum Gasteiger partial charge on any atom is -0.497 e. The van der Waals surface area contributed by atoms with Gasteiger partial charge in [0.15, 0.2) is 0 Å². The van der Waals surface area contributed by atoms with E-state index in [4.69, 9.17) is 23.9 Å². The summed E-state index contributed by atoms with van der Waals surface area (Å²) in [5, 5.41) is 6.65. The van der Waals surface area contributed by atoms with Gasteiger partial charge in [-0.05, 0) is 131 Å². The number of alkyl carbamates (subject to hydrolysis) is 1. The first-order valence-electron chi connectivity index (χ1n) is 23.2. The fourth-order valence-corrected chi connectivity index (χ4v) is 11.5. The third-order valence-electron chi connectivity index (χ3n) is 14.0. The van der Waals surface area contributed by atoms with E-state index >= 15 is 4.79 Å². The predicted octanol–water partition coefficient (Wildman–Crippen LogP) is 5.83. The normalized spacial score (nSPS) is 31.6. The van der Waals surface area contributed by atoms with Gasteiger partial charge in [-0.25, -0.2) is 23.2 Å². The number of aromatic nitrogens is 2. The number of amides is 4. The fraction of sp³-hybridized carbons (Fsp3) is 0.583. The van der Waals surface area contributed by atoms with Crippen molar-refractivity contribution in [1.29, 1.82) is 0 Å². The standard InChI is InChI=1S/C48H60N6O10S/c1-26(2)62-41-15-10-29(24-49-41)39-21-32-20-34(61-5)11-14-38(32)44(50-39)63-36-22-40-43(55)52-48(46(57)53-65(59,60)37-12-13-37)23-33(48)9-7-6-8-27(3)16-28(4)42(45(56)54(40)25-36)51-47(58)64-35-18-30-17-31(30)19-35/h7,9-11,14-15,20-21,24,26-28,30-31,33,35-37,40,42H,6,8,12-13,16-19,22-23,25H2,1-5H3,(H,51,58)(H,52,55)(H,53,57)/b9-7-/t27-,28-,30-,31+,33-,35+,36-,40+,42+,48-/m1/s1. The Morgan fingerprint density at radius 3 is 2.46 bits per heavy atom. The number of carbonyl (C=O) groups excluding carboxylic acids is 4. The maximum Gasteiger partial charge on any atom is 0.408 e. The molecule has 4 saturated carbocycles. The Morgan fingerprint density at radius 1 is 0.969 bits per heavy atom. The minimum atomic E-state index is -3.93. The van der Waals surface area contributed by atoms with Crippen LogP contribution in [0.5, 0.6) is 17.5 Å². The predicted molar refractivity (Wildman–Crippen MR) is 240 cm³/mol. The quantitative estimate of drug-likeness (QED) is 0.195. The lowest BCUT2D eigenvalue weighted by Gasteiger charge is -2.33. The van der Waals surface area contributed by atoms with E-state index in [-0.39, 0.29) is 49.3 Å². The topological polar surface area (TPSA) is 204 Å². The zero-order valence-electron chi connectivity index (χ0n) is 37.7. The van der Waals surface area contributed by atoms with Crippen molar-refractivity contribution in [3.8, 4) is 28.8 Å². The number of sulfonamides is 1. The molecule has 17 heteroatoms. The van der Waals surface area contributed by atoms with E-state index in [1.807, 2.05) is 57.2 Å². The molecule has 16 nitrogen and oxygen atoms in total. The second-order valence-corrected chi connectivity index (χ2v) is 21.5. The summed E-state index contributed by atoms with van der Waals surface area (Å²) in [4.78, 5) is 68.4. The van der Waals surface area contributed by atoms with Crippen molar-refractivity contribution in [3.63, 3.8) is 0 Å². The van der Waals surface area contributed by atoms with Crippen LogP contribution >= 0.6 is 0 Å². The molecule has 4 amide bonds. The number of nitrogens with zero attached hydrogens (tertiary/aromatic N) is 3. The lowest BCUT2D eigenvalue weighted by atomic mass is 9.88. The zero-order valence-corrected chi connectivity index (χ0v) is 38.5. The second-order valence-electron chi connectivity index (χ2n) is 19.6. The Balaban J connectivity index is 1.05. The first-order valence-corrected chi connectivity index (χ1v) is 24.7. The smallest absolute Gasteiger partial charge is 0.408 e. The van der Waals surface area contributed by atoms with Gasteiger partial charge >= 0.3 is 6.09 Å². The molecule has 2 aliphatic heterocycles. The molecule has 0 radical (unpaired) electrons. The Hall–Kier alpha value is -5.45. The van der Waals surface area contributed by atoms with Gasteiger partial charge in [-0.2, -0.15) is 0 Å². The number of benzene rings is 1. The number of hydrogen-bond acceptors (Lipinski definition) is 12. The molecule has 65 heavy (non-hydrogen) atoms. The molecule has 3 aromatic rings. The monoisotopic (exact) mass is 912 g/mol. The van der Waals surface area contributed by atoms with Gasteiger partial charge in [-0.3, -0.25) is 19.1 Å². The largest absolute Gasteiger partial charge is 0.497 e. The number of pyridine rings is 2. The van der Waals surface area contributed by atoms with Gasteiger partial charge in [0, 0.05) is 35.6 Å². The summed E-state index contributed by atoms with van der Waals surface area (Å²) in [7, 11) is -2.35. The van der Waals surface area contributed by atoms with Crippen molar-refractivity contribution >= 4 is 44.6 Å². The molecule has 0 bridgehead atoms. The number of nitrogens with one attached hydrogen (secondary N) is 3. The summed E-state index contributed by atoms with van der Waals surface area (Å²) >= 11 is 0. The van der Waals surface area contributed by atoms with Gasteiger partial charge in [0.05, 0.1) is 30.7 Å². The Labute approximate surface area is 380 Å². The molecular weight excluding hydrogens is 853 g/mol. The molecular formula is C48H60N6O10S. The Kier molecular flexibility index (Phi) is 12.2. The number of hydrogen-bond donors (Lipinski definition) is 3. The highest BCUT2D eigenvalue weighted by Crippen LogP contribution is 2.52. The molecule has 3 N–H and O–H groups in total. The molecule has 0 spiro atoms. The summed E-state index contributed by atoms with van der Waals surface area (Å²) in [5.41, 5.74) is -0.290. The molecule has 6 aliphatic rings. The SMILES string of the molecule is COc1ccc2c(O[C@@H]3C[C@H]4C(=O)N[C@]5(C(=O)NS(=O)(=O)C6CC6)C[C@H]5/C=C\CC[C@@H](C)C[C@@H](C)[C@H](NC(=O)O[C@@H]5C[C@@H]6C[C@@H]6C5)C(=O)N4C3)nc(-c3ccc(OC(C)C)nc3)cc2c1. The van der Waals surface area contributed by atoms with E-state index in [2.05, 4.69) is 27.3 Å². The molecule has 5 fully saturated rings. The van der Waals surface area contributed by atoms with Crippen LogP contribution in [0, 0.1) is 29.6 Å². The number of methoxy groups -OCH3 is 1. The fourth-order valence-electron chi connectivity index (χ4n) is 10.1. The number of allylic oxidation sites excluding steroid dienone is 1. The average molecular weight is 913 g/mol. The average Bonchev–Trinajstić information content (AvgIpc) is 4.23. The highest BCUT2D eigenvalue weighted by atomic mass is 32.2. The summed E-state index contributed by atoms with van der Waals surface area (Å²) in [6.07, 6.45) is 9.78. The molecule has 1 aromatic carbocycles. The Morgan fingerprint density at radius 2 is 1.75 bits per heavy atom.